The number of carbonyl (C=O) groups is 1. The van der Waals surface area contributed by atoms with Crippen LogP contribution in [0, 0.1) is 5.92 Å². The molecule has 1 atom stereocenters. The summed E-state index contributed by atoms with van der Waals surface area (Å²) in [5.74, 6) is 0.471. The van der Waals surface area contributed by atoms with Crippen LogP contribution in [-0.2, 0) is 0 Å². The lowest BCUT2D eigenvalue weighted by Crippen LogP contribution is -2.20. The maximum absolute atomic E-state index is 11.6. The molecule has 1 aromatic rings. The van der Waals surface area contributed by atoms with Crippen LogP contribution in [-0.4, -0.2) is 19.0 Å². The molecule has 0 heterocycles. The number of rotatable bonds is 5. The highest BCUT2D eigenvalue weighted by molar-refractivity contribution is 6.34. The van der Waals surface area contributed by atoms with Gasteiger partial charge in [-0.1, -0.05) is 25.4 Å². The zero-order valence-electron chi connectivity index (χ0n) is 11.4. The summed E-state index contributed by atoms with van der Waals surface area (Å²) in [4.78, 5) is 11.6. The van der Waals surface area contributed by atoms with Crippen LogP contribution in [0.2, 0.25) is 5.02 Å². The van der Waals surface area contributed by atoms with Gasteiger partial charge in [-0.3, -0.25) is 4.79 Å². The van der Waals surface area contributed by atoms with Gasteiger partial charge in [0.15, 0.2) is 0 Å². The van der Waals surface area contributed by atoms with Crippen molar-refractivity contribution >= 4 is 23.2 Å². The van der Waals surface area contributed by atoms with Crippen LogP contribution in [0.4, 0.5) is 5.69 Å². The quantitative estimate of drug-likeness (QED) is 0.858. The third-order valence-electron chi connectivity index (χ3n) is 2.68. The van der Waals surface area contributed by atoms with Crippen molar-refractivity contribution < 1.29 is 4.79 Å². The molecule has 0 aliphatic rings. The molecule has 0 aliphatic carbocycles. The largest absolute Gasteiger partial charge is 0.383 e. The predicted molar refractivity (Wildman–Crippen MR) is 77.4 cm³/mol. The van der Waals surface area contributed by atoms with Gasteiger partial charge in [-0.25, -0.2) is 0 Å². The van der Waals surface area contributed by atoms with Gasteiger partial charge in [-0.05, 0) is 37.5 Å². The fourth-order valence-corrected chi connectivity index (χ4v) is 2.18. The molecule has 0 aromatic heterocycles. The molecule has 0 fully saturated rings. The first kappa shape index (κ1) is 14.8. The Hall–Kier alpha value is -1.22. The van der Waals surface area contributed by atoms with Crippen molar-refractivity contribution in [2.24, 2.45) is 5.92 Å². The highest BCUT2D eigenvalue weighted by Gasteiger charge is 2.11. The van der Waals surface area contributed by atoms with Crippen LogP contribution in [0.15, 0.2) is 18.2 Å². The summed E-state index contributed by atoms with van der Waals surface area (Å²) in [5.41, 5.74) is 1.42. The number of amides is 1. The van der Waals surface area contributed by atoms with E-state index >= 15 is 0 Å². The van der Waals surface area contributed by atoms with Crippen molar-refractivity contribution in [1.29, 1.82) is 0 Å². The van der Waals surface area contributed by atoms with E-state index in [0.717, 1.165) is 12.1 Å². The Balaban J connectivity index is 2.82. The van der Waals surface area contributed by atoms with Crippen molar-refractivity contribution in [3.05, 3.63) is 28.8 Å². The second-order valence-corrected chi connectivity index (χ2v) is 5.36. The second-order valence-electron chi connectivity index (χ2n) is 4.95. The molecule has 1 rings (SSSR count). The number of nitrogens with one attached hydrogen (secondary N) is 2. The first-order valence-corrected chi connectivity index (χ1v) is 6.60. The Morgan fingerprint density at radius 2 is 2.00 bits per heavy atom. The van der Waals surface area contributed by atoms with Crippen LogP contribution in [0.1, 0.15) is 37.6 Å². The van der Waals surface area contributed by atoms with Crippen LogP contribution in [0.5, 0.6) is 0 Å². The molecule has 0 bridgehead atoms. The van der Waals surface area contributed by atoms with Gasteiger partial charge < -0.3 is 10.6 Å². The molecule has 4 heteroatoms. The Labute approximate surface area is 114 Å². The Bertz CT molecular complexity index is 418. The topological polar surface area (TPSA) is 41.1 Å². The van der Waals surface area contributed by atoms with E-state index in [9.17, 15) is 4.79 Å². The number of carbonyl (C=O) groups excluding carboxylic acids is 1. The molecule has 18 heavy (non-hydrogen) atoms. The van der Waals surface area contributed by atoms with Crippen molar-refractivity contribution in [2.45, 2.75) is 33.2 Å². The molecule has 0 saturated heterocycles. The molecule has 0 aliphatic heterocycles. The molecule has 0 spiro atoms. The molecule has 0 radical (unpaired) electrons. The van der Waals surface area contributed by atoms with Gasteiger partial charge in [-0.2, -0.15) is 0 Å². The van der Waals surface area contributed by atoms with Gasteiger partial charge >= 0.3 is 0 Å². The Morgan fingerprint density at radius 3 is 2.56 bits per heavy atom. The fourth-order valence-electron chi connectivity index (χ4n) is 1.97. The van der Waals surface area contributed by atoms with E-state index < -0.39 is 0 Å². The van der Waals surface area contributed by atoms with Crippen LogP contribution < -0.4 is 10.6 Å². The predicted octanol–water partition coefficient (Wildman–Crippen LogP) is 3.55. The molecular formula is C14H21ClN2O. The van der Waals surface area contributed by atoms with E-state index in [-0.39, 0.29) is 5.91 Å². The average molecular weight is 269 g/mol. The maximum atomic E-state index is 11.6. The summed E-state index contributed by atoms with van der Waals surface area (Å²) in [7, 11) is 1.60. The molecule has 0 saturated carbocycles. The number of hydrogen-bond donors (Lipinski definition) is 2. The molecule has 1 aromatic carbocycles. The van der Waals surface area contributed by atoms with Crippen LogP contribution >= 0.6 is 11.6 Å². The van der Waals surface area contributed by atoms with Gasteiger partial charge in [0.25, 0.3) is 5.91 Å². The highest BCUT2D eigenvalue weighted by Crippen LogP contribution is 2.21. The summed E-state index contributed by atoms with van der Waals surface area (Å²) in [6.07, 6.45) is 1.08. The van der Waals surface area contributed by atoms with Gasteiger partial charge in [0.1, 0.15) is 0 Å². The smallest absolute Gasteiger partial charge is 0.252 e. The van der Waals surface area contributed by atoms with E-state index in [1.807, 2.05) is 6.07 Å². The molecule has 3 nitrogen and oxygen atoms in total. The second kappa shape index (κ2) is 6.64. The summed E-state index contributed by atoms with van der Waals surface area (Å²) >= 11 is 6.00. The zero-order valence-corrected chi connectivity index (χ0v) is 12.1. The summed E-state index contributed by atoms with van der Waals surface area (Å²) in [5, 5.41) is 6.43. The monoisotopic (exact) mass is 268 g/mol. The van der Waals surface area contributed by atoms with Gasteiger partial charge in [0.05, 0.1) is 10.6 Å². The average Bonchev–Trinajstić information content (AvgIpc) is 2.29. The number of hydrogen-bond acceptors (Lipinski definition) is 2. The maximum Gasteiger partial charge on any atom is 0.252 e. The zero-order chi connectivity index (χ0) is 13.7. The van der Waals surface area contributed by atoms with Crippen molar-refractivity contribution in [2.75, 3.05) is 12.4 Å². The SMILES string of the molecule is CNC(=O)c1cc(NC(C)CC(C)C)ccc1Cl. The minimum atomic E-state index is -0.167. The molecular weight excluding hydrogens is 248 g/mol. The summed E-state index contributed by atoms with van der Waals surface area (Å²) < 4.78 is 0. The van der Waals surface area contributed by atoms with Gasteiger partial charge in [0.2, 0.25) is 0 Å². The lowest BCUT2D eigenvalue weighted by atomic mass is 10.0. The normalized spacial score (nSPS) is 12.3. The van der Waals surface area contributed by atoms with Crippen molar-refractivity contribution in [3.8, 4) is 0 Å². The van der Waals surface area contributed by atoms with Crippen molar-refractivity contribution in [1.82, 2.24) is 5.32 Å². The summed E-state index contributed by atoms with van der Waals surface area (Å²) in [6.45, 7) is 6.51. The van der Waals surface area contributed by atoms with Crippen LogP contribution in [0.3, 0.4) is 0 Å². The first-order chi connectivity index (χ1) is 8.43. The standard InChI is InChI=1S/C14H21ClN2O/c1-9(2)7-10(3)17-11-5-6-13(15)12(8-11)14(18)16-4/h5-6,8-10,17H,7H2,1-4H3,(H,16,18). The van der Waals surface area contributed by atoms with E-state index in [1.165, 1.54) is 0 Å². The number of anilines is 1. The number of benzene rings is 1. The lowest BCUT2D eigenvalue weighted by molar-refractivity contribution is 0.0963. The molecule has 2 N–H and O–H groups in total. The highest BCUT2D eigenvalue weighted by atomic mass is 35.5. The number of halogens is 1. The molecule has 1 amide bonds. The lowest BCUT2D eigenvalue weighted by Gasteiger charge is -2.18. The third-order valence-corrected chi connectivity index (χ3v) is 3.01. The van der Waals surface area contributed by atoms with Gasteiger partial charge in [-0.15, -0.1) is 0 Å². The fraction of sp³-hybridized carbons (Fsp3) is 0.500. The van der Waals surface area contributed by atoms with E-state index in [4.69, 9.17) is 11.6 Å². The van der Waals surface area contributed by atoms with Crippen LogP contribution in [0.25, 0.3) is 0 Å². The Morgan fingerprint density at radius 1 is 1.33 bits per heavy atom. The minimum Gasteiger partial charge on any atom is -0.383 e. The van der Waals surface area contributed by atoms with E-state index in [0.29, 0.717) is 22.5 Å². The van der Waals surface area contributed by atoms with Gasteiger partial charge in [0, 0.05) is 18.8 Å². The summed E-state index contributed by atoms with van der Waals surface area (Å²) in [6, 6.07) is 5.80. The molecule has 1 unspecified atom stereocenters. The Kier molecular flexibility index (Phi) is 5.48. The van der Waals surface area contributed by atoms with E-state index in [2.05, 4.69) is 31.4 Å². The van der Waals surface area contributed by atoms with E-state index in [1.54, 1.807) is 19.2 Å². The minimum absolute atomic E-state index is 0.167. The first-order valence-electron chi connectivity index (χ1n) is 6.22. The molecule has 100 valence electrons. The van der Waals surface area contributed by atoms with Crippen molar-refractivity contribution in [3.63, 3.8) is 0 Å². The third kappa shape index (κ3) is 4.22.